The Hall–Kier alpha value is -0.380. The van der Waals surface area contributed by atoms with Gasteiger partial charge in [0.2, 0.25) is 0 Å². The average molecular weight is 278 g/mol. The lowest BCUT2D eigenvalue weighted by molar-refractivity contribution is 0.0312. The monoisotopic (exact) mass is 278 g/mol. The Kier molecular flexibility index (Phi) is 3.97. The molecular formula is C16H26N2S. The summed E-state index contributed by atoms with van der Waals surface area (Å²) >= 11 is 1.89. The van der Waals surface area contributed by atoms with Crippen molar-refractivity contribution in [1.29, 1.82) is 0 Å². The number of hydrogen-bond acceptors (Lipinski definition) is 3. The Labute approximate surface area is 121 Å². The first-order valence-corrected chi connectivity index (χ1v) is 8.61. The van der Waals surface area contributed by atoms with E-state index in [9.17, 15) is 0 Å². The quantitative estimate of drug-likeness (QED) is 0.891. The molecule has 3 heteroatoms. The maximum Gasteiger partial charge on any atom is 0.0338 e. The molecule has 0 spiro atoms. The molecule has 2 fully saturated rings. The molecule has 3 rings (SSSR count). The predicted octanol–water partition coefficient (Wildman–Crippen LogP) is 3.62. The van der Waals surface area contributed by atoms with Crippen LogP contribution in [0.15, 0.2) is 17.5 Å². The molecule has 19 heavy (non-hydrogen) atoms. The molecular weight excluding hydrogens is 252 g/mol. The summed E-state index contributed by atoms with van der Waals surface area (Å²) < 4.78 is 0. The van der Waals surface area contributed by atoms with Gasteiger partial charge in [-0.05, 0) is 55.9 Å². The molecule has 0 aliphatic heterocycles. The van der Waals surface area contributed by atoms with Gasteiger partial charge in [-0.1, -0.05) is 13.0 Å². The normalized spacial score (nSPS) is 31.8. The summed E-state index contributed by atoms with van der Waals surface area (Å²) in [6.07, 6.45) is 8.06. The number of nitrogens with two attached hydrogens (primary N) is 1. The van der Waals surface area contributed by atoms with E-state index in [1.165, 1.54) is 43.4 Å². The summed E-state index contributed by atoms with van der Waals surface area (Å²) in [4.78, 5) is 4.27. The Morgan fingerprint density at radius 2 is 2.05 bits per heavy atom. The molecule has 2 N–H and O–H groups in total. The minimum absolute atomic E-state index is 0.289. The van der Waals surface area contributed by atoms with Crippen LogP contribution in [0.4, 0.5) is 0 Å². The van der Waals surface area contributed by atoms with Crippen LogP contribution >= 0.6 is 11.3 Å². The highest BCUT2D eigenvalue weighted by Gasteiger charge is 2.44. The van der Waals surface area contributed by atoms with Crippen LogP contribution in [-0.2, 0) is 6.54 Å². The van der Waals surface area contributed by atoms with E-state index in [0.29, 0.717) is 0 Å². The summed E-state index contributed by atoms with van der Waals surface area (Å²) in [6, 6.07) is 5.25. The van der Waals surface area contributed by atoms with E-state index >= 15 is 0 Å². The molecule has 0 radical (unpaired) electrons. The second-order valence-electron chi connectivity index (χ2n) is 6.55. The molecule has 2 nitrogen and oxygen atoms in total. The van der Waals surface area contributed by atoms with Crippen molar-refractivity contribution >= 4 is 11.3 Å². The van der Waals surface area contributed by atoms with Crippen molar-refractivity contribution in [2.45, 2.75) is 63.6 Å². The molecule has 0 saturated heterocycles. The number of hydrogen-bond donors (Lipinski definition) is 1. The van der Waals surface area contributed by atoms with Crippen molar-refractivity contribution in [2.24, 2.45) is 11.7 Å². The van der Waals surface area contributed by atoms with E-state index in [0.717, 1.165) is 25.0 Å². The highest BCUT2D eigenvalue weighted by Crippen LogP contribution is 2.42. The molecule has 1 aromatic heterocycles. The lowest BCUT2D eigenvalue weighted by atomic mass is 9.75. The lowest BCUT2D eigenvalue weighted by Crippen LogP contribution is -2.56. The molecule has 0 aromatic carbocycles. The van der Waals surface area contributed by atoms with Gasteiger partial charge < -0.3 is 5.73 Å². The third kappa shape index (κ3) is 2.88. The van der Waals surface area contributed by atoms with E-state index in [2.05, 4.69) is 29.3 Å². The van der Waals surface area contributed by atoms with Crippen molar-refractivity contribution in [3.05, 3.63) is 22.4 Å². The van der Waals surface area contributed by atoms with Crippen LogP contribution < -0.4 is 5.73 Å². The second kappa shape index (κ2) is 5.55. The van der Waals surface area contributed by atoms with E-state index in [1.54, 1.807) is 0 Å². The summed E-state index contributed by atoms with van der Waals surface area (Å²) in [7, 11) is 0. The van der Waals surface area contributed by atoms with Gasteiger partial charge in [-0.2, -0.15) is 0 Å². The van der Waals surface area contributed by atoms with E-state index in [-0.39, 0.29) is 5.54 Å². The number of thiophene rings is 1. The molecule has 106 valence electrons. The zero-order valence-corrected chi connectivity index (χ0v) is 12.8. The zero-order valence-electron chi connectivity index (χ0n) is 12.0. The second-order valence-corrected chi connectivity index (χ2v) is 7.58. The fraction of sp³-hybridized carbons (Fsp3) is 0.750. The fourth-order valence-corrected chi connectivity index (χ4v) is 4.25. The van der Waals surface area contributed by atoms with Gasteiger partial charge in [-0.3, -0.25) is 4.90 Å². The standard InChI is InChI=1S/C16H26N2S/c1-13-6-8-16(12-17,9-7-13)18(14-4-5-14)11-15-3-2-10-19-15/h2-3,10,13-14H,4-9,11-12,17H2,1H3. The third-order valence-corrected chi connectivity index (χ3v) is 5.95. The minimum Gasteiger partial charge on any atom is -0.329 e. The van der Waals surface area contributed by atoms with E-state index < -0.39 is 0 Å². The SMILES string of the molecule is CC1CCC(CN)(N(Cc2cccs2)C2CC2)CC1. The van der Waals surface area contributed by atoms with Gasteiger partial charge in [0.15, 0.2) is 0 Å². The van der Waals surface area contributed by atoms with Crippen LogP contribution in [0.2, 0.25) is 0 Å². The van der Waals surface area contributed by atoms with Crippen molar-refractivity contribution in [2.75, 3.05) is 6.54 Å². The molecule has 0 atom stereocenters. The van der Waals surface area contributed by atoms with Crippen molar-refractivity contribution in [3.63, 3.8) is 0 Å². The molecule has 1 aromatic rings. The summed E-state index contributed by atoms with van der Waals surface area (Å²) in [6.45, 7) is 4.34. The molecule has 2 aliphatic rings. The fourth-order valence-electron chi connectivity index (χ4n) is 3.55. The highest BCUT2D eigenvalue weighted by molar-refractivity contribution is 7.09. The first-order valence-electron chi connectivity index (χ1n) is 7.73. The van der Waals surface area contributed by atoms with Gasteiger partial charge in [-0.25, -0.2) is 0 Å². The van der Waals surface area contributed by atoms with E-state index in [4.69, 9.17) is 5.73 Å². The molecule has 0 unspecified atom stereocenters. The first kappa shape index (κ1) is 13.6. The van der Waals surface area contributed by atoms with Crippen LogP contribution in [0.5, 0.6) is 0 Å². The van der Waals surface area contributed by atoms with E-state index in [1.807, 2.05) is 11.3 Å². The Morgan fingerprint density at radius 1 is 1.32 bits per heavy atom. The maximum absolute atomic E-state index is 6.24. The molecule has 1 heterocycles. The topological polar surface area (TPSA) is 29.3 Å². The molecule has 0 amide bonds. The maximum atomic E-state index is 6.24. The summed E-state index contributed by atoms with van der Waals surface area (Å²) in [5.74, 6) is 0.891. The summed E-state index contributed by atoms with van der Waals surface area (Å²) in [5.41, 5.74) is 6.53. The van der Waals surface area contributed by atoms with Gasteiger partial charge in [-0.15, -0.1) is 11.3 Å². The van der Waals surface area contributed by atoms with Gasteiger partial charge in [0.1, 0.15) is 0 Å². The Balaban J connectivity index is 1.77. The van der Waals surface area contributed by atoms with Gasteiger partial charge in [0, 0.05) is 29.5 Å². The van der Waals surface area contributed by atoms with Crippen molar-refractivity contribution in [1.82, 2.24) is 4.90 Å². The molecule has 2 saturated carbocycles. The molecule has 0 bridgehead atoms. The smallest absolute Gasteiger partial charge is 0.0338 e. The van der Waals surface area contributed by atoms with Crippen molar-refractivity contribution in [3.8, 4) is 0 Å². The largest absolute Gasteiger partial charge is 0.329 e. The predicted molar refractivity (Wildman–Crippen MR) is 82.3 cm³/mol. The van der Waals surface area contributed by atoms with Crippen LogP contribution in [0.1, 0.15) is 50.3 Å². The van der Waals surface area contributed by atoms with Crippen LogP contribution in [-0.4, -0.2) is 23.0 Å². The Morgan fingerprint density at radius 3 is 2.58 bits per heavy atom. The van der Waals surface area contributed by atoms with Crippen LogP contribution in [0.25, 0.3) is 0 Å². The number of nitrogens with zero attached hydrogens (tertiary/aromatic N) is 1. The molecule has 2 aliphatic carbocycles. The number of rotatable bonds is 5. The summed E-state index contributed by atoms with van der Waals surface area (Å²) in [5, 5.41) is 2.19. The van der Waals surface area contributed by atoms with Gasteiger partial charge >= 0.3 is 0 Å². The Bertz CT molecular complexity index is 389. The van der Waals surface area contributed by atoms with Crippen LogP contribution in [0, 0.1) is 5.92 Å². The van der Waals surface area contributed by atoms with Crippen molar-refractivity contribution < 1.29 is 0 Å². The zero-order chi connectivity index (χ0) is 13.3. The van der Waals surface area contributed by atoms with Gasteiger partial charge in [0.25, 0.3) is 0 Å². The van der Waals surface area contributed by atoms with Crippen LogP contribution in [0.3, 0.4) is 0 Å². The lowest BCUT2D eigenvalue weighted by Gasteiger charge is -2.47. The minimum atomic E-state index is 0.289. The highest BCUT2D eigenvalue weighted by atomic mass is 32.1. The van der Waals surface area contributed by atoms with Gasteiger partial charge in [0.05, 0.1) is 0 Å². The third-order valence-electron chi connectivity index (χ3n) is 5.09. The first-order chi connectivity index (χ1) is 9.23. The average Bonchev–Trinajstić information content (AvgIpc) is 3.14.